The standard InChI is InChI=1S/C16H11Br2F2N3OS/c1-7-2-8(17)15(9(18)3-7)23-14(24)6-25-16-21-12-4-10(19)11(20)5-13(12)22-16/h2-5H,6H2,1H3,(H,21,22)(H,23,24). The SMILES string of the molecule is Cc1cc(Br)c(NC(=O)CSc2nc3cc(F)c(F)cc3[nH]2)c(Br)c1. The molecule has 0 saturated heterocycles. The zero-order valence-corrected chi connectivity index (χ0v) is 16.8. The van der Waals surface area contributed by atoms with E-state index in [1.165, 1.54) is 0 Å². The van der Waals surface area contributed by atoms with Crippen LogP contribution in [0.5, 0.6) is 0 Å². The number of hydrogen-bond acceptors (Lipinski definition) is 3. The number of hydrogen-bond donors (Lipinski definition) is 2. The molecule has 0 aliphatic rings. The Hall–Kier alpha value is -1.45. The number of H-pyrrole nitrogens is 1. The lowest BCUT2D eigenvalue weighted by molar-refractivity contribution is -0.113. The van der Waals surface area contributed by atoms with E-state index in [-0.39, 0.29) is 11.7 Å². The summed E-state index contributed by atoms with van der Waals surface area (Å²) in [5.74, 6) is -2.03. The van der Waals surface area contributed by atoms with Gasteiger partial charge in [0.15, 0.2) is 16.8 Å². The van der Waals surface area contributed by atoms with E-state index in [4.69, 9.17) is 0 Å². The quantitative estimate of drug-likeness (QED) is 0.481. The van der Waals surface area contributed by atoms with Crippen molar-refractivity contribution in [3.8, 4) is 0 Å². The monoisotopic (exact) mass is 489 g/mol. The van der Waals surface area contributed by atoms with Crippen LogP contribution in [0.25, 0.3) is 11.0 Å². The number of halogens is 4. The number of fused-ring (bicyclic) bond motifs is 1. The van der Waals surface area contributed by atoms with Crippen molar-refractivity contribution >= 4 is 66.2 Å². The van der Waals surface area contributed by atoms with Gasteiger partial charge in [0.1, 0.15) is 0 Å². The Morgan fingerprint density at radius 1 is 1.20 bits per heavy atom. The van der Waals surface area contributed by atoms with Crippen LogP contribution in [0.1, 0.15) is 5.56 Å². The number of aryl methyl sites for hydroxylation is 1. The van der Waals surface area contributed by atoms with E-state index in [1.807, 2.05) is 19.1 Å². The van der Waals surface area contributed by atoms with Gasteiger partial charge in [-0.15, -0.1) is 0 Å². The van der Waals surface area contributed by atoms with E-state index in [1.54, 1.807) is 0 Å². The van der Waals surface area contributed by atoms with E-state index >= 15 is 0 Å². The first kappa shape index (κ1) is 18.3. The predicted octanol–water partition coefficient (Wildman–Crippen LogP) is 5.41. The molecule has 3 aromatic rings. The van der Waals surface area contributed by atoms with Crippen LogP contribution in [-0.2, 0) is 4.79 Å². The van der Waals surface area contributed by atoms with E-state index < -0.39 is 11.6 Å². The van der Waals surface area contributed by atoms with Gasteiger partial charge in [0, 0.05) is 21.1 Å². The Morgan fingerprint density at radius 3 is 2.52 bits per heavy atom. The molecular formula is C16H11Br2F2N3OS. The number of amides is 1. The number of thioether (sulfide) groups is 1. The number of imidazole rings is 1. The summed E-state index contributed by atoms with van der Waals surface area (Å²) in [6, 6.07) is 5.86. The maximum atomic E-state index is 13.2. The first-order valence-corrected chi connectivity index (χ1v) is 9.63. The number of anilines is 1. The molecule has 1 aromatic heterocycles. The second-order valence-corrected chi connectivity index (χ2v) is 7.94. The van der Waals surface area contributed by atoms with Crippen molar-refractivity contribution in [2.75, 3.05) is 11.1 Å². The molecule has 0 bridgehead atoms. The van der Waals surface area contributed by atoms with Gasteiger partial charge in [0.2, 0.25) is 5.91 Å². The minimum atomic E-state index is -0.956. The fraction of sp³-hybridized carbons (Fsp3) is 0.125. The van der Waals surface area contributed by atoms with Crippen molar-refractivity contribution in [2.24, 2.45) is 0 Å². The van der Waals surface area contributed by atoms with Crippen molar-refractivity contribution in [2.45, 2.75) is 12.1 Å². The van der Waals surface area contributed by atoms with Gasteiger partial charge >= 0.3 is 0 Å². The molecule has 0 saturated carbocycles. The molecule has 0 aliphatic heterocycles. The van der Waals surface area contributed by atoms with Crippen molar-refractivity contribution in [1.29, 1.82) is 0 Å². The highest BCUT2D eigenvalue weighted by Gasteiger charge is 2.13. The van der Waals surface area contributed by atoms with Crippen LogP contribution in [0, 0.1) is 18.6 Å². The summed E-state index contributed by atoms with van der Waals surface area (Å²) in [4.78, 5) is 19.2. The van der Waals surface area contributed by atoms with Crippen LogP contribution < -0.4 is 5.32 Å². The maximum absolute atomic E-state index is 13.2. The summed E-state index contributed by atoms with van der Waals surface area (Å²) in [5.41, 5.74) is 2.38. The van der Waals surface area contributed by atoms with Gasteiger partial charge in [-0.1, -0.05) is 11.8 Å². The normalized spacial score (nSPS) is 11.1. The highest BCUT2D eigenvalue weighted by molar-refractivity contribution is 9.11. The highest BCUT2D eigenvalue weighted by atomic mass is 79.9. The first-order valence-electron chi connectivity index (χ1n) is 7.06. The van der Waals surface area contributed by atoms with E-state index in [0.29, 0.717) is 21.9 Å². The minimum Gasteiger partial charge on any atom is -0.333 e. The lowest BCUT2D eigenvalue weighted by Crippen LogP contribution is -2.15. The molecule has 2 N–H and O–H groups in total. The zero-order chi connectivity index (χ0) is 18.1. The zero-order valence-electron chi connectivity index (χ0n) is 12.8. The average molecular weight is 491 g/mol. The Balaban J connectivity index is 1.68. The highest BCUT2D eigenvalue weighted by Crippen LogP contribution is 2.32. The topological polar surface area (TPSA) is 57.8 Å². The minimum absolute atomic E-state index is 0.0948. The molecule has 0 aliphatic carbocycles. The number of carbonyl (C=O) groups is 1. The fourth-order valence-electron chi connectivity index (χ4n) is 2.18. The van der Waals surface area contributed by atoms with Gasteiger partial charge in [0.05, 0.1) is 22.5 Å². The number of carbonyl (C=O) groups excluding carboxylic acids is 1. The Bertz CT molecular complexity index is 915. The van der Waals surface area contributed by atoms with Crippen LogP contribution in [-0.4, -0.2) is 21.6 Å². The van der Waals surface area contributed by atoms with Crippen molar-refractivity contribution in [3.63, 3.8) is 0 Å². The predicted molar refractivity (Wildman–Crippen MR) is 102 cm³/mol. The largest absolute Gasteiger partial charge is 0.333 e. The molecule has 0 radical (unpaired) electrons. The van der Waals surface area contributed by atoms with Gasteiger partial charge < -0.3 is 10.3 Å². The smallest absolute Gasteiger partial charge is 0.234 e. The summed E-state index contributed by atoms with van der Waals surface area (Å²) in [6.07, 6.45) is 0. The van der Waals surface area contributed by atoms with Crippen molar-refractivity contribution < 1.29 is 13.6 Å². The number of nitrogens with zero attached hydrogens (tertiary/aromatic N) is 1. The Kier molecular flexibility index (Phi) is 5.45. The molecule has 9 heteroatoms. The van der Waals surface area contributed by atoms with Crippen LogP contribution >= 0.6 is 43.6 Å². The van der Waals surface area contributed by atoms with Crippen LogP contribution in [0.4, 0.5) is 14.5 Å². The molecular weight excluding hydrogens is 480 g/mol. The first-order chi connectivity index (χ1) is 11.8. The van der Waals surface area contributed by atoms with Crippen molar-refractivity contribution in [3.05, 3.63) is 50.4 Å². The molecule has 0 spiro atoms. The van der Waals surface area contributed by atoms with E-state index in [0.717, 1.165) is 38.4 Å². The molecule has 1 amide bonds. The average Bonchev–Trinajstić information content (AvgIpc) is 2.91. The second kappa shape index (κ2) is 7.43. The summed E-state index contributed by atoms with van der Waals surface area (Å²) in [5, 5.41) is 3.23. The molecule has 2 aromatic carbocycles. The number of benzene rings is 2. The second-order valence-electron chi connectivity index (χ2n) is 5.27. The molecule has 0 fully saturated rings. The molecule has 3 rings (SSSR count). The third kappa shape index (κ3) is 4.21. The number of nitrogens with one attached hydrogen (secondary N) is 2. The molecule has 130 valence electrons. The molecule has 0 unspecified atom stereocenters. The van der Waals surface area contributed by atoms with E-state index in [2.05, 4.69) is 47.1 Å². The third-order valence-electron chi connectivity index (χ3n) is 3.29. The van der Waals surface area contributed by atoms with Gasteiger partial charge in [-0.25, -0.2) is 13.8 Å². The number of aromatic amines is 1. The third-order valence-corrected chi connectivity index (χ3v) is 5.42. The van der Waals surface area contributed by atoms with Crippen LogP contribution in [0.2, 0.25) is 0 Å². The van der Waals surface area contributed by atoms with Gasteiger partial charge in [-0.2, -0.15) is 0 Å². The number of rotatable bonds is 4. The molecule has 1 heterocycles. The fourth-order valence-corrected chi connectivity index (χ4v) is 4.48. The lowest BCUT2D eigenvalue weighted by Gasteiger charge is -2.10. The summed E-state index contributed by atoms with van der Waals surface area (Å²) >= 11 is 7.98. The molecule has 0 atom stereocenters. The Morgan fingerprint density at radius 2 is 1.84 bits per heavy atom. The van der Waals surface area contributed by atoms with Crippen molar-refractivity contribution in [1.82, 2.24) is 9.97 Å². The molecule has 4 nitrogen and oxygen atoms in total. The molecule has 25 heavy (non-hydrogen) atoms. The lowest BCUT2D eigenvalue weighted by atomic mass is 10.2. The Labute approximate surface area is 163 Å². The number of aromatic nitrogens is 2. The van der Waals surface area contributed by atoms with E-state index in [9.17, 15) is 13.6 Å². The summed E-state index contributed by atoms with van der Waals surface area (Å²) in [6.45, 7) is 1.95. The van der Waals surface area contributed by atoms with Gasteiger partial charge in [0.25, 0.3) is 0 Å². The summed E-state index contributed by atoms with van der Waals surface area (Å²) in [7, 11) is 0. The van der Waals surface area contributed by atoms with Gasteiger partial charge in [-0.05, 0) is 56.5 Å². The van der Waals surface area contributed by atoms with Gasteiger partial charge in [-0.3, -0.25) is 4.79 Å². The maximum Gasteiger partial charge on any atom is 0.234 e. The van der Waals surface area contributed by atoms with Crippen LogP contribution in [0.3, 0.4) is 0 Å². The van der Waals surface area contributed by atoms with Crippen LogP contribution in [0.15, 0.2) is 38.4 Å². The summed E-state index contributed by atoms with van der Waals surface area (Å²) < 4.78 is 28.0.